The number of aromatic nitrogens is 2. The smallest absolute Gasteiger partial charge is 0.179 e. The summed E-state index contributed by atoms with van der Waals surface area (Å²) < 4.78 is 2.25. The second-order valence-corrected chi connectivity index (χ2v) is 5.74. The molecule has 0 radical (unpaired) electrons. The Hall–Kier alpha value is -1.42. The molecule has 1 aliphatic heterocycles. The summed E-state index contributed by atoms with van der Waals surface area (Å²) in [6.07, 6.45) is 3.32. The van der Waals surface area contributed by atoms with Crippen LogP contribution in [0.25, 0.3) is 10.7 Å². The number of carbonyl (C=O) groups is 1. The predicted octanol–water partition coefficient (Wildman–Crippen LogP) is 3.46. The van der Waals surface area contributed by atoms with Crippen LogP contribution in [0.4, 0.5) is 0 Å². The summed E-state index contributed by atoms with van der Waals surface area (Å²) in [5, 5.41) is 2.09. The number of imidazole rings is 1. The van der Waals surface area contributed by atoms with E-state index in [1.807, 2.05) is 0 Å². The van der Waals surface area contributed by atoms with Crippen LogP contribution in [-0.4, -0.2) is 15.3 Å². The number of hydrogen-bond donors (Lipinski definition) is 0. The van der Waals surface area contributed by atoms with Gasteiger partial charge in [-0.25, -0.2) is 4.98 Å². The maximum atomic E-state index is 11.7. The molecule has 4 heteroatoms. The van der Waals surface area contributed by atoms with Crippen LogP contribution in [0.5, 0.6) is 0 Å². The van der Waals surface area contributed by atoms with Crippen molar-refractivity contribution in [2.45, 2.75) is 39.7 Å². The van der Waals surface area contributed by atoms with Crippen LogP contribution in [-0.2, 0) is 13.0 Å². The van der Waals surface area contributed by atoms with Crippen molar-refractivity contribution in [1.82, 2.24) is 9.55 Å². The number of aryl methyl sites for hydroxylation is 1. The largest absolute Gasteiger partial charge is 0.327 e. The van der Waals surface area contributed by atoms with Crippen molar-refractivity contribution in [2.75, 3.05) is 0 Å². The lowest BCUT2D eigenvalue weighted by Crippen LogP contribution is -2.12. The molecule has 0 unspecified atom stereocenters. The first-order valence-electron chi connectivity index (χ1n) is 6.33. The Balaban J connectivity index is 2.21. The molecule has 0 bridgehead atoms. The van der Waals surface area contributed by atoms with Gasteiger partial charge in [0.1, 0.15) is 5.69 Å². The minimum Gasteiger partial charge on any atom is -0.327 e. The van der Waals surface area contributed by atoms with Gasteiger partial charge in [0.15, 0.2) is 11.6 Å². The molecular weight excluding hydrogens is 244 g/mol. The highest BCUT2D eigenvalue weighted by Crippen LogP contribution is 2.32. The van der Waals surface area contributed by atoms with Crippen molar-refractivity contribution >= 4 is 17.1 Å². The van der Waals surface area contributed by atoms with Gasteiger partial charge < -0.3 is 4.57 Å². The van der Waals surface area contributed by atoms with Gasteiger partial charge in [-0.15, -0.1) is 11.3 Å². The van der Waals surface area contributed by atoms with Crippen LogP contribution in [0, 0.1) is 6.92 Å². The van der Waals surface area contributed by atoms with Gasteiger partial charge in [0.25, 0.3) is 0 Å². The van der Waals surface area contributed by atoms with Crippen LogP contribution < -0.4 is 0 Å². The molecule has 2 aromatic rings. The molecule has 0 spiro atoms. The first kappa shape index (κ1) is 11.7. The van der Waals surface area contributed by atoms with Crippen LogP contribution in [0.15, 0.2) is 11.4 Å². The molecule has 94 valence electrons. The van der Waals surface area contributed by atoms with Crippen LogP contribution in [0.1, 0.15) is 41.5 Å². The van der Waals surface area contributed by atoms with Crippen molar-refractivity contribution < 1.29 is 4.79 Å². The number of ketones is 1. The maximum absolute atomic E-state index is 11.7. The van der Waals surface area contributed by atoms with E-state index in [1.165, 1.54) is 16.9 Å². The van der Waals surface area contributed by atoms with Crippen molar-refractivity contribution in [3.8, 4) is 10.7 Å². The van der Waals surface area contributed by atoms with Crippen LogP contribution in [0.3, 0.4) is 0 Å². The number of hydrogen-bond acceptors (Lipinski definition) is 3. The van der Waals surface area contributed by atoms with Gasteiger partial charge in [0.05, 0.1) is 4.88 Å². The first-order valence-corrected chi connectivity index (χ1v) is 7.21. The highest BCUT2D eigenvalue weighted by molar-refractivity contribution is 7.13. The third-order valence-corrected chi connectivity index (χ3v) is 4.53. The summed E-state index contributed by atoms with van der Waals surface area (Å²) in [4.78, 5) is 17.5. The van der Waals surface area contributed by atoms with E-state index in [2.05, 4.69) is 27.9 Å². The summed E-state index contributed by atoms with van der Waals surface area (Å²) in [6, 6.07) is 2.11. The molecule has 3 heterocycles. The minimum absolute atomic E-state index is 0.0844. The van der Waals surface area contributed by atoms with Crippen LogP contribution >= 0.6 is 11.3 Å². The quantitative estimate of drug-likeness (QED) is 0.775. The Kier molecular flexibility index (Phi) is 2.82. The summed E-state index contributed by atoms with van der Waals surface area (Å²) in [5.41, 5.74) is 3.06. The number of Topliss-reactive ketones (excluding diaryl/α,β-unsaturated/α-hetero) is 1. The van der Waals surface area contributed by atoms with Gasteiger partial charge in [0.2, 0.25) is 0 Å². The molecule has 0 atom stereocenters. The fraction of sp³-hybridized carbons (Fsp3) is 0.429. The molecule has 3 rings (SSSR count). The fourth-order valence-corrected chi connectivity index (χ4v) is 3.52. The Bertz CT molecular complexity index is 609. The van der Waals surface area contributed by atoms with Gasteiger partial charge >= 0.3 is 0 Å². The molecule has 0 saturated heterocycles. The van der Waals surface area contributed by atoms with Gasteiger partial charge in [-0.1, -0.05) is 0 Å². The van der Waals surface area contributed by atoms with E-state index in [4.69, 9.17) is 0 Å². The lowest BCUT2D eigenvalue weighted by atomic mass is 10.1. The zero-order valence-electron chi connectivity index (χ0n) is 10.7. The van der Waals surface area contributed by atoms with E-state index in [0.717, 1.165) is 30.9 Å². The third kappa shape index (κ3) is 1.72. The van der Waals surface area contributed by atoms with E-state index in [1.54, 1.807) is 18.3 Å². The Morgan fingerprint density at radius 2 is 2.28 bits per heavy atom. The van der Waals surface area contributed by atoms with Crippen LogP contribution in [0.2, 0.25) is 0 Å². The topological polar surface area (TPSA) is 34.9 Å². The van der Waals surface area contributed by atoms with Crippen molar-refractivity contribution in [3.05, 3.63) is 28.4 Å². The number of fused-ring (bicyclic) bond motifs is 1. The maximum Gasteiger partial charge on any atom is 0.179 e. The highest BCUT2D eigenvalue weighted by Gasteiger charge is 2.24. The molecule has 0 saturated carbocycles. The normalized spacial score (nSPS) is 14.6. The standard InChI is InChI=1S/C14H16N2OS/c1-9-6-8-18-13(9)14-15-12(10(2)17)11-5-3-4-7-16(11)14/h6,8H,3-5,7H2,1-2H3. The zero-order chi connectivity index (χ0) is 12.7. The van der Waals surface area contributed by atoms with Gasteiger partial charge in [-0.3, -0.25) is 4.79 Å². The van der Waals surface area contributed by atoms with E-state index in [-0.39, 0.29) is 5.78 Å². The number of nitrogens with zero attached hydrogens (tertiary/aromatic N) is 2. The second-order valence-electron chi connectivity index (χ2n) is 4.83. The van der Waals surface area contributed by atoms with E-state index >= 15 is 0 Å². The zero-order valence-corrected chi connectivity index (χ0v) is 11.5. The Morgan fingerprint density at radius 3 is 2.94 bits per heavy atom. The number of carbonyl (C=O) groups excluding carboxylic acids is 1. The summed E-state index contributed by atoms with van der Waals surface area (Å²) in [7, 11) is 0. The fourth-order valence-electron chi connectivity index (χ4n) is 2.60. The van der Waals surface area contributed by atoms with Gasteiger partial charge in [-0.05, 0) is 43.2 Å². The molecule has 18 heavy (non-hydrogen) atoms. The van der Waals surface area contributed by atoms with E-state index in [0.29, 0.717) is 5.69 Å². The molecule has 0 amide bonds. The molecule has 0 fully saturated rings. The summed E-state index contributed by atoms with van der Waals surface area (Å²) in [6.45, 7) is 4.70. The van der Waals surface area contributed by atoms with Crippen molar-refractivity contribution in [1.29, 1.82) is 0 Å². The second kappa shape index (κ2) is 4.35. The van der Waals surface area contributed by atoms with Gasteiger partial charge in [0, 0.05) is 19.2 Å². The lowest BCUT2D eigenvalue weighted by Gasteiger charge is -2.16. The lowest BCUT2D eigenvalue weighted by molar-refractivity contribution is 0.101. The molecule has 3 nitrogen and oxygen atoms in total. The molecule has 2 aromatic heterocycles. The predicted molar refractivity (Wildman–Crippen MR) is 73.2 cm³/mol. The average Bonchev–Trinajstić information content (AvgIpc) is 2.92. The van der Waals surface area contributed by atoms with E-state index in [9.17, 15) is 4.79 Å². The van der Waals surface area contributed by atoms with Crippen molar-refractivity contribution in [2.24, 2.45) is 0 Å². The molecule has 0 N–H and O–H groups in total. The van der Waals surface area contributed by atoms with Crippen molar-refractivity contribution in [3.63, 3.8) is 0 Å². The molecule has 0 aliphatic carbocycles. The van der Waals surface area contributed by atoms with Gasteiger partial charge in [-0.2, -0.15) is 0 Å². The summed E-state index contributed by atoms with van der Waals surface area (Å²) >= 11 is 1.71. The SMILES string of the molecule is CC(=O)c1nc(-c2sccc2C)n2c1CCCC2. The Labute approximate surface area is 110 Å². The third-order valence-electron chi connectivity index (χ3n) is 3.52. The monoisotopic (exact) mass is 260 g/mol. The number of rotatable bonds is 2. The molecule has 1 aliphatic rings. The average molecular weight is 260 g/mol. The molecule has 0 aromatic carbocycles. The van der Waals surface area contributed by atoms with E-state index < -0.39 is 0 Å². The first-order chi connectivity index (χ1) is 8.68. The Morgan fingerprint density at radius 1 is 1.44 bits per heavy atom. The number of thiophene rings is 1. The highest BCUT2D eigenvalue weighted by atomic mass is 32.1. The molecular formula is C14H16N2OS. The summed E-state index contributed by atoms with van der Waals surface area (Å²) in [5.74, 6) is 1.07. The minimum atomic E-state index is 0.0844.